The molecule has 0 amide bonds. The van der Waals surface area contributed by atoms with Gasteiger partial charge >= 0.3 is 0 Å². The molecular weight excluding hydrogens is 916 g/mol. The average Bonchev–Trinajstić information content (AvgIpc) is 3.84. The van der Waals surface area contributed by atoms with Crippen LogP contribution in [0.25, 0.3) is 71.0 Å². The third-order valence-corrected chi connectivity index (χ3v) is 11.6. The van der Waals surface area contributed by atoms with E-state index in [4.69, 9.17) is 15.2 Å². The molecule has 3 aromatic heterocycles. The van der Waals surface area contributed by atoms with E-state index in [1.807, 2.05) is 36.4 Å². The number of aromatic nitrogens is 3. The number of nitrogens with zero attached hydrogens (tertiary/aromatic N) is 4. The molecule has 5 nitrogen and oxygen atoms in total. The summed E-state index contributed by atoms with van der Waals surface area (Å²) in [6, 6.07) is 48.0. The number of aryl methyl sites for hydroxylation is 2. The van der Waals surface area contributed by atoms with Crippen molar-refractivity contribution in [1.82, 2.24) is 14.1 Å². The minimum atomic E-state index is -0.308. The average molecular weight is 961 g/mol. The van der Waals surface area contributed by atoms with Crippen molar-refractivity contribution in [2.75, 3.05) is 4.90 Å². The SMILES string of the molecule is [2H]c1c([2H])c([2H])c2c(c1[2H])c1ccc(Oc3[c-]c(N4[CH-]n5c6c(C)cccc6c6cc(C)ccc6c6ccccc6c6cccc4c65)ccc3)[c-]c1n2-c1cc(C(C)(C)C)ccn1.[Pt]. The Morgan fingerprint density at radius 1 is 0.650 bits per heavy atom. The second-order valence-electron chi connectivity index (χ2n) is 16.4. The first-order valence-corrected chi connectivity index (χ1v) is 19.9. The number of anilines is 2. The van der Waals surface area contributed by atoms with Crippen LogP contribution in [-0.4, -0.2) is 14.1 Å². The zero-order valence-electron chi connectivity index (χ0n) is 37.7. The van der Waals surface area contributed by atoms with Gasteiger partial charge in [0.15, 0.2) is 0 Å². The molecule has 0 saturated heterocycles. The first-order chi connectivity index (χ1) is 30.4. The summed E-state index contributed by atoms with van der Waals surface area (Å²) in [4.78, 5) is 6.90. The maximum atomic E-state index is 9.02. The summed E-state index contributed by atoms with van der Waals surface area (Å²) in [5.74, 6) is 1.40. The zero-order chi connectivity index (χ0) is 43.5. The van der Waals surface area contributed by atoms with Gasteiger partial charge in [-0.3, -0.25) is 0 Å². The molecule has 0 bridgehead atoms. The molecule has 4 heterocycles. The molecule has 0 unspecified atom stereocenters. The minimum Gasteiger partial charge on any atom is -0.509 e. The van der Waals surface area contributed by atoms with E-state index in [1.54, 1.807) is 16.8 Å². The number of fused-ring (bicyclic) bond motifs is 10. The molecule has 0 aliphatic carbocycles. The zero-order valence-corrected chi connectivity index (χ0v) is 36.0. The van der Waals surface area contributed by atoms with E-state index in [0.717, 1.165) is 49.7 Å². The van der Waals surface area contributed by atoms with Crippen LogP contribution in [0, 0.1) is 32.6 Å². The van der Waals surface area contributed by atoms with Crippen LogP contribution in [0.3, 0.4) is 0 Å². The third kappa shape index (κ3) is 6.02. The monoisotopic (exact) mass is 960 g/mol. The summed E-state index contributed by atoms with van der Waals surface area (Å²) in [5, 5.41) is 8.02. The molecule has 0 N–H and O–H groups in total. The first-order valence-electron chi connectivity index (χ1n) is 21.9. The van der Waals surface area contributed by atoms with Crippen molar-refractivity contribution < 1.29 is 31.3 Å². The van der Waals surface area contributed by atoms with E-state index < -0.39 is 0 Å². The molecule has 60 heavy (non-hydrogen) atoms. The number of para-hydroxylation sites is 3. The molecule has 0 fully saturated rings. The maximum Gasteiger partial charge on any atom is 0.135 e. The van der Waals surface area contributed by atoms with Gasteiger partial charge in [0.2, 0.25) is 0 Å². The largest absolute Gasteiger partial charge is 0.509 e. The van der Waals surface area contributed by atoms with E-state index in [2.05, 4.69) is 142 Å². The molecule has 0 radical (unpaired) electrons. The molecular formula is C54H41N4OPt-3. The van der Waals surface area contributed by atoms with Gasteiger partial charge in [0.25, 0.3) is 0 Å². The number of ether oxygens (including phenoxy) is 1. The molecule has 0 spiro atoms. The summed E-state index contributed by atoms with van der Waals surface area (Å²) < 4.78 is 45.8. The van der Waals surface area contributed by atoms with Crippen molar-refractivity contribution in [2.45, 2.75) is 40.0 Å². The van der Waals surface area contributed by atoms with Crippen LogP contribution in [0.1, 0.15) is 42.9 Å². The predicted octanol–water partition coefficient (Wildman–Crippen LogP) is 14.1. The second kappa shape index (κ2) is 14.3. The van der Waals surface area contributed by atoms with Crippen molar-refractivity contribution in [3.63, 3.8) is 0 Å². The van der Waals surface area contributed by atoms with Crippen LogP contribution in [-0.2, 0) is 26.5 Å². The van der Waals surface area contributed by atoms with Gasteiger partial charge in [-0.25, -0.2) is 4.98 Å². The van der Waals surface area contributed by atoms with Crippen molar-refractivity contribution in [1.29, 1.82) is 0 Å². The van der Waals surface area contributed by atoms with Crippen LogP contribution >= 0.6 is 0 Å². The number of benzene rings is 7. The summed E-state index contributed by atoms with van der Waals surface area (Å²) in [6.07, 6.45) is 1.74. The van der Waals surface area contributed by atoms with Gasteiger partial charge < -0.3 is 18.8 Å². The number of hydrogen-bond donors (Lipinski definition) is 0. The Kier molecular flexibility index (Phi) is 7.95. The van der Waals surface area contributed by atoms with Gasteiger partial charge in [-0.1, -0.05) is 140 Å². The number of pyridine rings is 1. The Morgan fingerprint density at radius 2 is 1.35 bits per heavy atom. The molecule has 0 saturated carbocycles. The first kappa shape index (κ1) is 33.3. The Labute approximate surface area is 369 Å². The van der Waals surface area contributed by atoms with Gasteiger partial charge in [0, 0.05) is 50.0 Å². The van der Waals surface area contributed by atoms with E-state index in [-0.39, 0.29) is 50.6 Å². The van der Waals surface area contributed by atoms with E-state index >= 15 is 0 Å². The molecule has 6 heteroatoms. The Bertz CT molecular complexity index is 3660. The van der Waals surface area contributed by atoms with Gasteiger partial charge in [0.05, 0.1) is 5.48 Å². The molecule has 1 aliphatic heterocycles. The Balaban J connectivity index is 0.00000484. The Hall–Kier alpha value is -6.55. The Morgan fingerprint density at radius 3 is 2.18 bits per heavy atom. The van der Waals surface area contributed by atoms with Crippen LogP contribution in [0.2, 0.25) is 0 Å². The number of rotatable bonds is 4. The van der Waals surface area contributed by atoms with Crippen molar-refractivity contribution in [2.24, 2.45) is 0 Å². The summed E-state index contributed by atoms with van der Waals surface area (Å²) >= 11 is 0. The quantitative estimate of drug-likeness (QED) is 0.165. The molecule has 7 aromatic carbocycles. The third-order valence-electron chi connectivity index (χ3n) is 11.6. The normalized spacial score (nSPS) is 13.3. The fourth-order valence-corrected chi connectivity index (χ4v) is 8.73. The fourth-order valence-electron chi connectivity index (χ4n) is 8.73. The maximum absolute atomic E-state index is 9.02. The van der Waals surface area contributed by atoms with E-state index in [9.17, 15) is 0 Å². The van der Waals surface area contributed by atoms with Gasteiger partial charge in [-0.2, -0.15) is 12.1 Å². The molecule has 1 aliphatic rings. The van der Waals surface area contributed by atoms with Crippen molar-refractivity contribution in [3.05, 3.63) is 187 Å². The smallest absolute Gasteiger partial charge is 0.135 e. The van der Waals surface area contributed by atoms with Crippen molar-refractivity contribution >= 4 is 76.5 Å². The summed E-state index contributed by atoms with van der Waals surface area (Å²) in [5.41, 5.74) is 8.05. The molecule has 11 rings (SSSR count). The van der Waals surface area contributed by atoms with Gasteiger partial charge in [-0.15, -0.1) is 35.7 Å². The van der Waals surface area contributed by atoms with E-state index in [1.165, 1.54) is 21.7 Å². The predicted molar refractivity (Wildman–Crippen MR) is 245 cm³/mol. The molecule has 296 valence electrons. The number of hydrogen-bond acceptors (Lipinski definition) is 3. The summed E-state index contributed by atoms with van der Waals surface area (Å²) in [7, 11) is 0. The molecule has 0 atom stereocenters. The standard InChI is InChI=1S/C54H41N4O.Pt/c1-34-23-25-42-40-16-6-7-17-41(40)45-20-12-22-49-53(45)57(52-35(2)13-10-19-46(52)47(42)29-34)33-56(49)37-14-11-15-38(31-37)59-39-24-26-44-43-18-8-9-21-48(43)58(50(44)32-39)51-30-36(27-28-55-51)54(3,4)5;/h6-30,33H,1-5H3;/q-3;/i8D,9D,18D,21D;. The topological polar surface area (TPSA) is 35.2 Å². The van der Waals surface area contributed by atoms with Crippen LogP contribution in [0.4, 0.5) is 11.4 Å². The second-order valence-corrected chi connectivity index (χ2v) is 16.4. The van der Waals surface area contributed by atoms with Gasteiger partial charge in [0.1, 0.15) is 5.82 Å². The van der Waals surface area contributed by atoms with Crippen LogP contribution < -0.4 is 9.64 Å². The van der Waals surface area contributed by atoms with Gasteiger partial charge in [-0.05, 0) is 99.0 Å². The van der Waals surface area contributed by atoms with Crippen LogP contribution in [0.15, 0.2) is 152 Å². The molecule has 10 aromatic rings. The fraction of sp³-hybridized carbons (Fsp3) is 0.111. The van der Waals surface area contributed by atoms with Crippen molar-refractivity contribution in [3.8, 4) is 17.3 Å². The minimum absolute atomic E-state index is 0. The van der Waals surface area contributed by atoms with Crippen LogP contribution in [0.5, 0.6) is 11.5 Å². The summed E-state index contributed by atoms with van der Waals surface area (Å²) in [6.45, 7) is 12.9. The van der Waals surface area contributed by atoms with E-state index in [0.29, 0.717) is 39.1 Å².